The Labute approximate surface area is 125 Å². The number of amides is 1. The molecular formula is C14H14INOS. The Morgan fingerprint density at radius 3 is 2.72 bits per heavy atom. The van der Waals surface area contributed by atoms with Crippen molar-refractivity contribution in [2.24, 2.45) is 0 Å². The van der Waals surface area contributed by atoms with Crippen LogP contribution in [0.15, 0.2) is 35.7 Å². The van der Waals surface area contributed by atoms with E-state index in [0.717, 1.165) is 8.45 Å². The summed E-state index contributed by atoms with van der Waals surface area (Å²) < 4.78 is 1.14. The molecule has 0 saturated carbocycles. The number of hydrogen-bond acceptors (Lipinski definition) is 2. The first-order valence-corrected chi connectivity index (χ1v) is 7.58. The largest absolute Gasteiger partial charge is 0.337 e. The van der Waals surface area contributed by atoms with Crippen LogP contribution < -0.4 is 0 Å². The second kappa shape index (κ2) is 5.84. The maximum atomic E-state index is 12.2. The van der Waals surface area contributed by atoms with Gasteiger partial charge < -0.3 is 4.90 Å². The van der Waals surface area contributed by atoms with Crippen LogP contribution in [0.1, 0.15) is 21.5 Å². The molecule has 0 radical (unpaired) electrons. The predicted molar refractivity (Wildman–Crippen MR) is 84.0 cm³/mol. The summed E-state index contributed by atoms with van der Waals surface area (Å²) in [5.74, 6) is 0.0809. The number of benzene rings is 1. The summed E-state index contributed by atoms with van der Waals surface area (Å²) in [6.07, 6.45) is 0. The molecule has 0 N–H and O–H groups in total. The van der Waals surface area contributed by atoms with Crippen molar-refractivity contribution in [2.75, 3.05) is 7.05 Å². The van der Waals surface area contributed by atoms with E-state index >= 15 is 0 Å². The Morgan fingerprint density at radius 2 is 2.11 bits per heavy atom. The topological polar surface area (TPSA) is 20.3 Å². The van der Waals surface area contributed by atoms with Crippen molar-refractivity contribution in [1.82, 2.24) is 4.90 Å². The van der Waals surface area contributed by atoms with E-state index in [9.17, 15) is 4.79 Å². The van der Waals surface area contributed by atoms with Crippen molar-refractivity contribution in [3.05, 3.63) is 55.3 Å². The van der Waals surface area contributed by atoms with Gasteiger partial charge in [0, 0.05) is 19.0 Å². The van der Waals surface area contributed by atoms with Crippen LogP contribution in [0.3, 0.4) is 0 Å². The highest BCUT2D eigenvalue weighted by molar-refractivity contribution is 14.1. The molecule has 2 nitrogen and oxygen atoms in total. The molecule has 2 aromatic rings. The predicted octanol–water partition coefficient (Wildman–Crippen LogP) is 3.93. The van der Waals surface area contributed by atoms with Gasteiger partial charge in [-0.25, -0.2) is 0 Å². The highest BCUT2D eigenvalue weighted by Gasteiger charge is 2.14. The van der Waals surface area contributed by atoms with Crippen molar-refractivity contribution in [2.45, 2.75) is 13.5 Å². The summed E-state index contributed by atoms with van der Waals surface area (Å²) >= 11 is 3.83. The minimum atomic E-state index is 0.0809. The van der Waals surface area contributed by atoms with Crippen LogP contribution in [-0.4, -0.2) is 17.9 Å². The van der Waals surface area contributed by atoms with Gasteiger partial charge in [0.1, 0.15) is 0 Å². The Bertz CT molecular complexity index is 564. The van der Waals surface area contributed by atoms with Crippen LogP contribution in [0.4, 0.5) is 0 Å². The molecule has 1 aromatic heterocycles. The van der Waals surface area contributed by atoms with Gasteiger partial charge in [-0.1, -0.05) is 24.3 Å². The third-order valence-electron chi connectivity index (χ3n) is 2.83. The molecule has 1 heterocycles. The third-order valence-corrected chi connectivity index (χ3v) is 4.62. The first-order valence-electron chi connectivity index (χ1n) is 5.62. The van der Waals surface area contributed by atoms with Crippen molar-refractivity contribution in [3.8, 4) is 0 Å². The van der Waals surface area contributed by atoms with Crippen molar-refractivity contribution >= 4 is 39.8 Å². The maximum absolute atomic E-state index is 12.2. The fraction of sp³-hybridized carbons (Fsp3) is 0.214. The standard InChI is InChI=1S/C14H14INOS/c1-10-5-3-4-6-11(10)8-16(2)14(17)12-7-13(15)18-9-12/h3-7,9H,8H2,1-2H3. The molecule has 0 saturated heterocycles. The normalized spacial score (nSPS) is 10.4. The minimum absolute atomic E-state index is 0.0809. The van der Waals surface area contributed by atoms with E-state index < -0.39 is 0 Å². The highest BCUT2D eigenvalue weighted by Crippen LogP contribution is 2.19. The Balaban J connectivity index is 2.11. The monoisotopic (exact) mass is 371 g/mol. The maximum Gasteiger partial charge on any atom is 0.254 e. The van der Waals surface area contributed by atoms with Crippen molar-refractivity contribution in [1.29, 1.82) is 0 Å². The first-order chi connectivity index (χ1) is 8.58. The molecule has 2 rings (SSSR count). The number of nitrogens with zero attached hydrogens (tertiary/aromatic N) is 1. The molecule has 18 heavy (non-hydrogen) atoms. The fourth-order valence-corrected chi connectivity index (χ4v) is 3.08. The molecule has 0 spiro atoms. The molecule has 0 atom stereocenters. The van der Waals surface area contributed by atoms with Gasteiger partial charge in [-0.05, 0) is 46.7 Å². The second-order valence-corrected chi connectivity index (χ2v) is 7.03. The number of thiophene rings is 1. The van der Waals surface area contributed by atoms with Crippen LogP contribution in [0.5, 0.6) is 0 Å². The molecule has 0 aliphatic rings. The molecule has 0 fully saturated rings. The van der Waals surface area contributed by atoms with Gasteiger partial charge in [0.2, 0.25) is 0 Å². The first kappa shape index (κ1) is 13.5. The molecule has 0 aliphatic carbocycles. The number of carbonyl (C=O) groups excluding carboxylic acids is 1. The zero-order chi connectivity index (χ0) is 13.1. The van der Waals surface area contributed by atoms with Crippen molar-refractivity contribution in [3.63, 3.8) is 0 Å². The van der Waals surface area contributed by atoms with Gasteiger partial charge in [0.05, 0.1) is 8.45 Å². The Kier molecular flexibility index (Phi) is 4.40. The molecular weight excluding hydrogens is 357 g/mol. The molecule has 0 aliphatic heterocycles. The van der Waals surface area contributed by atoms with Crippen LogP contribution in [0, 0.1) is 9.81 Å². The molecule has 0 unspecified atom stereocenters. The molecule has 94 valence electrons. The zero-order valence-corrected chi connectivity index (χ0v) is 13.3. The van der Waals surface area contributed by atoms with Gasteiger partial charge in [0.15, 0.2) is 0 Å². The third kappa shape index (κ3) is 3.11. The van der Waals surface area contributed by atoms with E-state index in [-0.39, 0.29) is 5.91 Å². The highest BCUT2D eigenvalue weighted by atomic mass is 127. The summed E-state index contributed by atoms with van der Waals surface area (Å²) in [6.45, 7) is 2.72. The molecule has 0 bridgehead atoms. The van der Waals surface area contributed by atoms with E-state index in [1.165, 1.54) is 11.1 Å². The summed E-state index contributed by atoms with van der Waals surface area (Å²) in [7, 11) is 1.85. The lowest BCUT2D eigenvalue weighted by atomic mass is 10.1. The van der Waals surface area contributed by atoms with Gasteiger partial charge >= 0.3 is 0 Å². The number of rotatable bonds is 3. The van der Waals surface area contributed by atoms with Crippen LogP contribution >= 0.6 is 33.9 Å². The minimum Gasteiger partial charge on any atom is -0.337 e. The Hall–Kier alpha value is -0.880. The van der Waals surface area contributed by atoms with Crippen molar-refractivity contribution < 1.29 is 4.79 Å². The second-order valence-electron chi connectivity index (χ2n) is 4.23. The quantitative estimate of drug-likeness (QED) is 0.749. The van der Waals surface area contributed by atoms with Crippen LogP contribution in [-0.2, 0) is 6.54 Å². The van der Waals surface area contributed by atoms with E-state index in [1.54, 1.807) is 16.2 Å². The molecule has 1 aromatic carbocycles. The summed E-state index contributed by atoms with van der Waals surface area (Å²) in [6, 6.07) is 10.1. The lowest BCUT2D eigenvalue weighted by molar-refractivity contribution is 0.0785. The fourth-order valence-electron chi connectivity index (χ4n) is 1.76. The average molecular weight is 371 g/mol. The van der Waals surface area contributed by atoms with E-state index in [4.69, 9.17) is 0 Å². The zero-order valence-electron chi connectivity index (χ0n) is 10.3. The van der Waals surface area contributed by atoms with E-state index in [2.05, 4.69) is 41.6 Å². The van der Waals surface area contributed by atoms with Gasteiger partial charge in [-0.3, -0.25) is 4.79 Å². The van der Waals surface area contributed by atoms with E-state index in [1.807, 2.05) is 30.6 Å². The van der Waals surface area contributed by atoms with Crippen LogP contribution in [0.2, 0.25) is 0 Å². The lowest BCUT2D eigenvalue weighted by Crippen LogP contribution is -2.26. The number of carbonyl (C=O) groups is 1. The smallest absolute Gasteiger partial charge is 0.254 e. The van der Waals surface area contributed by atoms with Crippen LogP contribution in [0.25, 0.3) is 0 Å². The van der Waals surface area contributed by atoms with Gasteiger partial charge in [-0.2, -0.15) is 0 Å². The summed E-state index contributed by atoms with van der Waals surface area (Å²) in [5, 5.41) is 1.92. The Morgan fingerprint density at radius 1 is 1.39 bits per heavy atom. The molecule has 1 amide bonds. The number of hydrogen-bond donors (Lipinski definition) is 0. The SMILES string of the molecule is Cc1ccccc1CN(C)C(=O)c1csc(I)c1. The number of aryl methyl sites for hydroxylation is 1. The summed E-state index contributed by atoms with van der Waals surface area (Å²) in [4.78, 5) is 14.0. The number of halogens is 1. The molecule has 4 heteroatoms. The van der Waals surface area contributed by atoms with Gasteiger partial charge in [-0.15, -0.1) is 11.3 Å². The average Bonchev–Trinajstić information content (AvgIpc) is 2.78. The lowest BCUT2D eigenvalue weighted by Gasteiger charge is -2.17. The van der Waals surface area contributed by atoms with Gasteiger partial charge in [0.25, 0.3) is 5.91 Å². The summed E-state index contributed by atoms with van der Waals surface area (Å²) in [5.41, 5.74) is 3.19. The van der Waals surface area contributed by atoms with E-state index in [0.29, 0.717) is 6.54 Å².